The van der Waals surface area contributed by atoms with E-state index in [2.05, 4.69) is 21.8 Å². The van der Waals surface area contributed by atoms with E-state index in [-0.39, 0.29) is 0 Å². The molecule has 4 nitrogen and oxygen atoms in total. The van der Waals surface area contributed by atoms with Crippen molar-refractivity contribution in [3.8, 4) is 5.88 Å². The van der Waals surface area contributed by atoms with Crippen LogP contribution in [0.25, 0.3) is 0 Å². The number of alkyl halides is 1. The molecule has 0 unspecified atom stereocenters. The van der Waals surface area contributed by atoms with Crippen molar-refractivity contribution in [1.29, 1.82) is 0 Å². The van der Waals surface area contributed by atoms with Gasteiger partial charge in [0.05, 0.1) is 19.0 Å². The summed E-state index contributed by atoms with van der Waals surface area (Å²) in [6.07, 6.45) is 6.61. The first-order valence-corrected chi connectivity index (χ1v) is 6.92. The first kappa shape index (κ1) is 13.4. The Balaban J connectivity index is 1.90. The highest BCUT2D eigenvalue weighted by atomic mass is 35.5. The molecule has 1 fully saturated rings. The molecule has 0 saturated heterocycles. The molecule has 0 spiro atoms. The molecule has 1 aliphatic rings. The van der Waals surface area contributed by atoms with Crippen LogP contribution < -0.4 is 9.64 Å². The number of hydrogen-bond acceptors (Lipinski definition) is 4. The van der Waals surface area contributed by atoms with Crippen molar-refractivity contribution in [2.45, 2.75) is 31.6 Å². The van der Waals surface area contributed by atoms with Crippen LogP contribution in [-0.4, -0.2) is 35.5 Å². The van der Waals surface area contributed by atoms with Gasteiger partial charge >= 0.3 is 0 Å². The first-order valence-electron chi connectivity index (χ1n) is 6.49. The fourth-order valence-corrected chi connectivity index (χ4v) is 2.59. The number of aromatic nitrogens is 2. The quantitative estimate of drug-likeness (QED) is 0.745. The van der Waals surface area contributed by atoms with E-state index in [0.29, 0.717) is 23.8 Å². The molecule has 18 heavy (non-hydrogen) atoms. The Morgan fingerprint density at radius 1 is 1.44 bits per heavy atom. The van der Waals surface area contributed by atoms with Crippen molar-refractivity contribution in [2.75, 3.05) is 25.1 Å². The van der Waals surface area contributed by atoms with Crippen LogP contribution in [0.1, 0.15) is 26.2 Å². The van der Waals surface area contributed by atoms with Crippen LogP contribution >= 0.6 is 11.6 Å². The average Bonchev–Trinajstić information content (AvgIpc) is 2.35. The van der Waals surface area contributed by atoms with Gasteiger partial charge in [0, 0.05) is 19.0 Å². The summed E-state index contributed by atoms with van der Waals surface area (Å²) in [7, 11) is 2.04. The second-order valence-electron chi connectivity index (χ2n) is 4.88. The molecule has 1 aliphatic carbocycles. The van der Waals surface area contributed by atoms with Gasteiger partial charge in [-0.3, -0.25) is 4.98 Å². The molecular weight excluding hydrogens is 250 g/mol. The molecule has 0 radical (unpaired) electrons. The summed E-state index contributed by atoms with van der Waals surface area (Å²) < 4.78 is 5.49. The lowest BCUT2D eigenvalue weighted by atomic mass is 9.84. The summed E-state index contributed by atoms with van der Waals surface area (Å²) in [5.74, 6) is 2.14. The Morgan fingerprint density at radius 2 is 2.22 bits per heavy atom. The number of anilines is 1. The molecule has 1 heterocycles. The summed E-state index contributed by atoms with van der Waals surface area (Å²) in [4.78, 5) is 10.7. The second-order valence-corrected chi connectivity index (χ2v) is 5.50. The minimum absolute atomic E-state index is 0.369. The maximum Gasteiger partial charge on any atom is 0.234 e. The van der Waals surface area contributed by atoms with Crippen LogP contribution in [0, 0.1) is 5.92 Å². The zero-order valence-corrected chi connectivity index (χ0v) is 11.7. The molecule has 0 aliphatic heterocycles. The van der Waals surface area contributed by atoms with Gasteiger partial charge in [-0.15, -0.1) is 11.6 Å². The lowest BCUT2D eigenvalue weighted by molar-refractivity contribution is 0.303. The van der Waals surface area contributed by atoms with E-state index < -0.39 is 0 Å². The molecule has 5 heteroatoms. The summed E-state index contributed by atoms with van der Waals surface area (Å²) >= 11 is 5.99. The Kier molecular flexibility index (Phi) is 4.64. The van der Waals surface area contributed by atoms with Gasteiger partial charge in [-0.2, -0.15) is 4.98 Å². The zero-order chi connectivity index (χ0) is 13.0. The van der Waals surface area contributed by atoms with Crippen LogP contribution in [-0.2, 0) is 0 Å². The molecule has 2 rings (SSSR count). The average molecular weight is 270 g/mol. The van der Waals surface area contributed by atoms with Gasteiger partial charge in [0.25, 0.3) is 0 Å². The second kappa shape index (κ2) is 6.23. The van der Waals surface area contributed by atoms with Crippen LogP contribution in [0.5, 0.6) is 5.88 Å². The Bertz CT molecular complexity index is 382. The molecule has 0 aromatic carbocycles. The maximum atomic E-state index is 5.99. The van der Waals surface area contributed by atoms with E-state index in [4.69, 9.17) is 16.3 Å². The summed E-state index contributed by atoms with van der Waals surface area (Å²) in [6.45, 7) is 3.73. The van der Waals surface area contributed by atoms with Gasteiger partial charge in [0.1, 0.15) is 0 Å². The van der Waals surface area contributed by atoms with Gasteiger partial charge in [0.15, 0.2) is 5.82 Å². The first-order chi connectivity index (χ1) is 8.69. The number of halogens is 1. The standard InChI is InChI=1S/C13H20ClN3O/c1-3-4-18-13-8-15-7-12(16-13)17(2)9-10-5-11(14)6-10/h7-8,10-11H,3-6,9H2,1-2H3. The summed E-state index contributed by atoms with van der Waals surface area (Å²) in [5.41, 5.74) is 0. The SMILES string of the molecule is CCCOc1cncc(N(C)CC2CC(Cl)C2)n1. The van der Waals surface area contributed by atoms with E-state index in [0.717, 1.165) is 31.6 Å². The molecule has 1 aromatic heterocycles. The van der Waals surface area contributed by atoms with Gasteiger partial charge in [0.2, 0.25) is 5.88 Å². The minimum Gasteiger partial charge on any atom is -0.477 e. The van der Waals surface area contributed by atoms with Gasteiger partial charge in [-0.05, 0) is 25.2 Å². The monoisotopic (exact) mass is 269 g/mol. The van der Waals surface area contributed by atoms with Crippen LogP contribution in [0.15, 0.2) is 12.4 Å². The molecule has 0 atom stereocenters. The maximum absolute atomic E-state index is 5.99. The van der Waals surface area contributed by atoms with Crippen LogP contribution in [0.2, 0.25) is 0 Å². The Hall–Kier alpha value is -1.03. The molecule has 0 N–H and O–H groups in total. The summed E-state index contributed by atoms with van der Waals surface area (Å²) in [6, 6.07) is 0. The molecule has 0 bridgehead atoms. The lowest BCUT2D eigenvalue weighted by Gasteiger charge is -2.34. The lowest BCUT2D eigenvalue weighted by Crippen LogP contribution is -2.35. The number of hydrogen-bond donors (Lipinski definition) is 0. The van der Waals surface area contributed by atoms with E-state index in [9.17, 15) is 0 Å². The Morgan fingerprint density at radius 3 is 2.89 bits per heavy atom. The van der Waals surface area contributed by atoms with Crippen molar-refractivity contribution in [3.05, 3.63) is 12.4 Å². The third kappa shape index (κ3) is 3.48. The van der Waals surface area contributed by atoms with E-state index >= 15 is 0 Å². The highest BCUT2D eigenvalue weighted by molar-refractivity contribution is 6.21. The van der Waals surface area contributed by atoms with Crippen LogP contribution in [0.4, 0.5) is 5.82 Å². The van der Waals surface area contributed by atoms with Crippen molar-refractivity contribution in [1.82, 2.24) is 9.97 Å². The van der Waals surface area contributed by atoms with Crippen molar-refractivity contribution >= 4 is 17.4 Å². The smallest absolute Gasteiger partial charge is 0.234 e. The normalized spacial score (nSPS) is 22.4. The zero-order valence-electron chi connectivity index (χ0n) is 11.0. The number of rotatable bonds is 6. The van der Waals surface area contributed by atoms with E-state index in [1.165, 1.54) is 0 Å². The summed E-state index contributed by atoms with van der Waals surface area (Å²) in [5, 5.41) is 0.369. The molecule has 1 saturated carbocycles. The topological polar surface area (TPSA) is 38.2 Å². The van der Waals surface area contributed by atoms with Gasteiger partial charge < -0.3 is 9.64 Å². The molecule has 1 aromatic rings. The van der Waals surface area contributed by atoms with Crippen molar-refractivity contribution < 1.29 is 4.74 Å². The Labute approximate surface area is 113 Å². The third-order valence-electron chi connectivity index (χ3n) is 3.16. The van der Waals surface area contributed by atoms with Crippen molar-refractivity contribution in [2.24, 2.45) is 5.92 Å². The largest absolute Gasteiger partial charge is 0.477 e. The van der Waals surface area contributed by atoms with Gasteiger partial charge in [-0.1, -0.05) is 6.92 Å². The number of nitrogens with zero attached hydrogens (tertiary/aromatic N) is 3. The fraction of sp³-hybridized carbons (Fsp3) is 0.692. The fourth-order valence-electron chi connectivity index (χ4n) is 2.08. The molecule has 100 valence electrons. The highest BCUT2D eigenvalue weighted by Gasteiger charge is 2.28. The highest BCUT2D eigenvalue weighted by Crippen LogP contribution is 2.32. The predicted octanol–water partition coefficient (Wildman–Crippen LogP) is 2.72. The van der Waals surface area contributed by atoms with Crippen LogP contribution in [0.3, 0.4) is 0 Å². The minimum atomic E-state index is 0.369. The predicted molar refractivity (Wildman–Crippen MR) is 73.5 cm³/mol. The van der Waals surface area contributed by atoms with Gasteiger partial charge in [-0.25, -0.2) is 0 Å². The molecular formula is C13H20ClN3O. The van der Waals surface area contributed by atoms with E-state index in [1.807, 2.05) is 7.05 Å². The third-order valence-corrected chi connectivity index (χ3v) is 3.51. The molecule has 0 amide bonds. The van der Waals surface area contributed by atoms with Crippen molar-refractivity contribution in [3.63, 3.8) is 0 Å². The van der Waals surface area contributed by atoms with E-state index in [1.54, 1.807) is 12.4 Å². The number of ether oxygens (including phenoxy) is 1.